The van der Waals surface area contributed by atoms with Crippen LogP contribution in [0.5, 0.6) is 0 Å². The van der Waals surface area contributed by atoms with E-state index in [1.54, 1.807) is 0 Å². The van der Waals surface area contributed by atoms with Gasteiger partial charge in [0.25, 0.3) is 0 Å². The van der Waals surface area contributed by atoms with Gasteiger partial charge in [-0.15, -0.1) is 11.3 Å². The van der Waals surface area contributed by atoms with Crippen molar-refractivity contribution in [2.75, 3.05) is 4.90 Å². The van der Waals surface area contributed by atoms with Crippen molar-refractivity contribution in [3.8, 4) is 11.1 Å². The number of benzene rings is 8. The number of thiophene rings is 1. The summed E-state index contributed by atoms with van der Waals surface area (Å²) < 4.78 is 2.66. The average molecular weight is 618 g/mol. The van der Waals surface area contributed by atoms with E-state index in [0.29, 0.717) is 0 Å². The molecule has 9 aromatic rings. The van der Waals surface area contributed by atoms with Crippen LogP contribution in [-0.2, 0) is 5.41 Å². The topological polar surface area (TPSA) is 3.24 Å². The van der Waals surface area contributed by atoms with E-state index >= 15 is 0 Å². The van der Waals surface area contributed by atoms with Gasteiger partial charge in [0.2, 0.25) is 0 Å². The van der Waals surface area contributed by atoms with Crippen molar-refractivity contribution in [1.29, 1.82) is 0 Å². The molecule has 0 fully saturated rings. The van der Waals surface area contributed by atoms with Gasteiger partial charge in [-0.3, -0.25) is 0 Å². The van der Waals surface area contributed by atoms with Crippen LogP contribution in [0.1, 0.15) is 25.0 Å². The lowest BCUT2D eigenvalue weighted by Gasteiger charge is -2.42. The highest BCUT2D eigenvalue weighted by Gasteiger charge is 2.37. The summed E-state index contributed by atoms with van der Waals surface area (Å²) in [7, 11) is 0. The first-order valence-corrected chi connectivity index (χ1v) is 17.2. The Bertz CT molecular complexity index is 2690. The number of fused-ring (bicyclic) bond motifs is 11. The van der Waals surface area contributed by atoms with Crippen molar-refractivity contribution in [3.05, 3.63) is 163 Å². The smallest absolute Gasteiger partial charge is 0.0503 e. The molecule has 222 valence electrons. The summed E-state index contributed by atoms with van der Waals surface area (Å²) in [4.78, 5) is 2.48. The minimum Gasteiger partial charge on any atom is -0.310 e. The lowest BCUT2D eigenvalue weighted by atomic mass is 9.73. The predicted octanol–water partition coefficient (Wildman–Crippen LogP) is 13.3. The number of para-hydroxylation sites is 1. The van der Waals surface area contributed by atoms with Gasteiger partial charge in [0.1, 0.15) is 0 Å². The summed E-state index contributed by atoms with van der Waals surface area (Å²) in [5.74, 6) is 0. The minimum absolute atomic E-state index is 0.169. The van der Waals surface area contributed by atoms with Gasteiger partial charge in [-0.25, -0.2) is 0 Å². The normalized spacial score (nSPS) is 13.9. The Morgan fingerprint density at radius 2 is 0.957 bits per heavy atom. The average Bonchev–Trinajstić information content (AvgIpc) is 3.50. The largest absolute Gasteiger partial charge is 0.310 e. The molecule has 1 nitrogen and oxygen atoms in total. The van der Waals surface area contributed by atoms with Gasteiger partial charge in [-0.05, 0) is 103 Å². The van der Waals surface area contributed by atoms with Crippen LogP contribution in [0.2, 0.25) is 0 Å². The molecule has 0 N–H and O–H groups in total. The van der Waals surface area contributed by atoms with Gasteiger partial charge in [-0.2, -0.15) is 0 Å². The second kappa shape index (κ2) is 9.78. The van der Waals surface area contributed by atoms with Gasteiger partial charge >= 0.3 is 0 Å². The number of nitrogens with zero attached hydrogens (tertiary/aromatic N) is 1. The maximum atomic E-state index is 2.48. The van der Waals surface area contributed by atoms with Crippen molar-refractivity contribution in [2.45, 2.75) is 19.3 Å². The number of rotatable bonds is 2. The van der Waals surface area contributed by atoms with E-state index in [1.807, 2.05) is 11.3 Å². The molecule has 1 aromatic heterocycles. The molecule has 0 bridgehead atoms. The molecule has 10 rings (SSSR count). The molecule has 0 aliphatic carbocycles. The summed E-state index contributed by atoms with van der Waals surface area (Å²) in [5.41, 5.74) is 8.69. The van der Waals surface area contributed by atoms with Crippen LogP contribution in [0.15, 0.2) is 152 Å². The zero-order valence-electron chi connectivity index (χ0n) is 26.3. The second-order valence-corrected chi connectivity index (χ2v) is 14.4. The fourth-order valence-electron chi connectivity index (χ4n) is 8.10. The molecule has 1 aliphatic rings. The summed E-state index contributed by atoms with van der Waals surface area (Å²) >= 11 is 1.87. The zero-order chi connectivity index (χ0) is 31.3. The van der Waals surface area contributed by atoms with Gasteiger partial charge < -0.3 is 4.90 Å². The molecule has 0 saturated heterocycles. The molecule has 0 saturated carbocycles. The van der Waals surface area contributed by atoms with Crippen LogP contribution in [0, 0.1) is 0 Å². The predicted molar refractivity (Wildman–Crippen MR) is 204 cm³/mol. The maximum absolute atomic E-state index is 2.48. The summed E-state index contributed by atoms with van der Waals surface area (Å²) in [6, 6.07) is 56.5. The third-order valence-electron chi connectivity index (χ3n) is 10.4. The third kappa shape index (κ3) is 3.83. The van der Waals surface area contributed by atoms with Crippen LogP contribution in [0.4, 0.5) is 17.1 Å². The molecule has 0 atom stereocenters. The monoisotopic (exact) mass is 617 g/mol. The van der Waals surface area contributed by atoms with Gasteiger partial charge in [0.05, 0.1) is 11.4 Å². The highest BCUT2D eigenvalue weighted by Crippen LogP contribution is 2.53. The second-order valence-electron chi connectivity index (χ2n) is 13.3. The van der Waals surface area contributed by atoms with E-state index in [-0.39, 0.29) is 5.41 Å². The fraction of sp³-hybridized carbons (Fsp3) is 0.0667. The quantitative estimate of drug-likeness (QED) is 0.174. The first-order chi connectivity index (χ1) is 23.1. The molecule has 0 spiro atoms. The van der Waals surface area contributed by atoms with Crippen molar-refractivity contribution < 1.29 is 0 Å². The first kappa shape index (κ1) is 26.7. The van der Waals surface area contributed by atoms with Crippen molar-refractivity contribution >= 4 is 80.9 Å². The number of hydrogen-bond donors (Lipinski definition) is 0. The van der Waals surface area contributed by atoms with Crippen molar-refractivity contribution in [1.82, 2.24) is 0 Å². The van der Waals surface area contributed by atoms with E-state index in [4.69, 9.17) is 0 Å². The highest BCUT2D eigenvalue weighted by atomic mass is 32.1. The molecular weight excluding hydrogens is 587 g/mol. The number of anilines is 3. The van der Waals surface area contributed by atoms with E-state index < -0.39 is 0 Å². The minimum atomic E-state index is -0.169. The maximum Gasteiger partial charge on any atom is 0.0503 e. The molecule has 47 heavy (non-hydrogen) atoms. The van der Waals surface area contributed by atoms with Gasteiger partial charge in [0.15, 0.2) is 0 Å². The Morgan fingerprint density at radius 3 is 1.72 bits per heavy atom. The molecule has 2 heteroatoms. The first-order valence-electron chi connectivity index (χ1n) is 16.4. The fourth-order valence-corrected chi connectivity index (χ4v) is 9.19. The number of hydrogen-bond acceptors (Lipinski definition) is 2. The van der Waals surface area contributed by atoms with Crippen LogP contribution in [-0.4, -0.2) is 0 Å². The van der Waals surface area contributed by atoms with Crippen LogP contribution < -0.4 is 4.90 Å². The molecule has 0 unspecified atom stereocenters. The summed E-state index contributed by atoms with van der Waals surface area (Å²) in [5, 5.41) is 10.5. The summed E-state index contributed by atoms with van der Waals surface area (Å²) in [6.07, 6.45) is 0. The Balaban J connectivity index is 1.18. The molecule has 8 aromatic carbocycles. The summed E-state index contributed by atoms with van der Waals surface area (Å²) in [6.45, 7) is 4.75. The van der Waals surface area contributed by atoms with E-state index in [9.17, 15) is 0 Å². The molecular formula is C45H31NS. The Labute approximate surface area is 278 Å². The standard InChI is InChI=1S/C45H31NS/c1-45(2)39-16-8-9-17-41(39)46(30-21-24-44-38(27-30)36-15-7-10-18-43(36)47-44)42-23-20-29(26-40(42)45)28-19-22-35-33-13-4-3-11-31(33)32-12-5-6-14-34(32)37(35)25-28/h3-27H,1-2H3. The lowest BCUT2D eigenvalue weighted by Crippen LogP contribution is -2.30. The Hall–Kier alpha value is -5.44. The molecule has 0 amide bonds. The van der Waals surface area contributed by atoms with Gasteiger partial charge in [-0.1, -0.05) is 117 Å². The van der Waals surface area contributed by atoms with Crippen LogP contribution >= 0.6 is 11.3 Å². The highest BCUT2D eigenvalue weighted by molar-refractivity contribution is 7.25. The van der Waals surface area contributed by atoms with E-state index in [2.05, 4.69) is 170 Å². The van der Waals surface area contributed by atoms with Crippen molar-refractivity contribution in [2.24, 2.45) is 0 Å². The van der Waals surface area contributed by atoms with Crippen LogP contribution in [0.3, 0.4) is 0 Å². The zero-order valence-corrected chi connectivity index (χ0v) is 27.1. The Morgan fingerprint density at radius 1 is 0.404 bits per heavy atom. The Kier molecular flexibility index (Phi) is 5.57. The van der Waals surface area contributed by atoms with E-state index in [1.165, 1.54) is 91.8 Å². The third-order valence-corrected chi connectivity index (χ3v) is 11.6. The SMILES string of the molecule is CC1(C)c2ccccc2N(c2ccc3sc4ccccc4c3c2)c2ccc(-c3ccc4c5ccccc5c5ccccc5c4c3)cc21. The van der Waals surface area contributed by atoms with Crippen LogP contribution in [0.25, 0.3) is 63.6 Å². The molecule has 1 aliphatic heterocycles. The molecule has 0 radical (unpaired) electrons. The molecule has 2 heterocycles. The van der Waals surface area contributed by atoms with Crippen molar-refractivity contribution in [3.63, 3.8) is 0 Å². The van der Waals surface area contributed by atoms with Gasteiger partial charge in [0, 0.05) is 31.3 Å². The van der Waals surface area contributed by atoms with E-state index in [0.717, 1.165) is 0 Å². The lowest BCUT2D eigenvalue weighted by molar-refractivity contribution is 0.632.